The van der Waals surface area contributed by atoms with Crippen LogP contribution in [0.4, 0.5) is 10.1 Å². The lowest BCUT2D eigenvalue weighted by atomic mass is 9.81. The predicted molar refractivity (Wildman–Crippen MR) is 157 cm³/mol. The smallest absolute Gasteiger partial charge is 0.309 e. The maximum atomic E-state index is 15.7. The molecule has 1 amide bonds. The molecular formula is C33H37FN2O6. The number of likely N-dealkylation sites (tertiary alicyclic amines) is 1. The van der Waals surface area contributed by atoms with Crippen LogP contribution in [0.2, 0.25) is 0 Å². The van der Waals surface area contributed by atoms with Crippen molar-refractivity contribution in [2.24, 2.45) is 5.92 Å². The van der Waals surface area contributed by atoms with E-state index in [1.165, 1.54) is 6.07 Å². The van der Waals surface area contributed by atoms with Crippen molar-refractivity contribution in [3.8, 4) is 17.2 Å². The van der Waals surface area contributed by atoms with Gasteiger partial charge >= 0.3 is 5.97 Å². The SMILES string of the molecule is CCOc1ccc([C@H]2C(C(=O)O)[C@@H](c3ccc4c(c3C)OCO4)CN2CC(=O)Nc2c(CC)cccc2CC)c(F)c1. The highest BCUT2D eigenvalue weighted by molar-refractivity contribution is 5.94. The summed E-state index contributed by atoms with van der Waals surface area (Å²) in [5, 5.41) is 13.7. The minimum absolute atomic E-state index is 0.0952. The molecule has 9 heteroatoms. The summed E-state index contributed by atoms with van der Waals surface area (Å²) in [6.45, 7) is 8.34. The third-order valence-corrected chi connectivity index (χ3v) is 8.32. The topological polar surface area (TPSA) is 97.3 Å². The van der Waals surface area contributed by atoms with Crippen LogP contribution in [-0.2, 0) is 22.4 Å². The first kappa shape index (κ1) is 29.4. The fraction of sp³-hybridized carbons (Fsp3) is 0.394. The highest BCUT2D eigenvalue weighted by atomic mass is 19.1. The third-order valence-electron chi connectivity index (χ3n) is 8.32. The van der Waals surface area contributed by atoms with Gasteiger partial charge in [0.05, 0.1) is 25.1 Å². The Morgan fingerprint density at radius 1 is 1.05 bits per heavy atom. The molecule has 2 aliphatic heterocycles. The minimum atomic E-state index is -1.07. The zero-order valence-corrected chi connectivity index (χ0v) is 24.4. The Hall–Kier alpha value is -4.11. The van der Waals surface area contributed by atoms with Crippen molar-refractivity contribution in [2.75, 3.05) is 31.8 Å². The number of amides is 1. The Bertz CT molecular complexity index is 1470. The zero-order chi connectivity index (χ0) is 30.0. The summed E-state index contributed by atoms with van der Waals surface area (Å²) >= 11 is 0. The summed E-state index contributed by atoms with van der Waals surface area (Å²) in [6.07, 6.45) is 1.50. The summed E-state index contributed by atoms with van der Waals surface area (Å²) in [4.78, 5) is 28.3. The van der Waals surface area contributed by atoms with Gasteiger partial charge in [0.25, 0.3) is 0 Å². The third kappa shape index (κ3) is 5.53. The van der Waals surface area contributed by atoms with Crippen LogP contribution in [0.1, 0.15) is 60.5 Å². The summed E-state index contributed by atoms with van der Waals surface area (Å²) in [6, 6.07) is 13.2. The van der Waals surface area contributed by atoms with Crippen molar-refractivity contribution in [2.45, 2.75) is 52.5 Å². The number of anilines is 1. The number of carboxylic acids is 1. The van der Waals surface area contributed by atoms with E-state index in [0.717, 1.165) is 40.8 Å². The number of halogens is 1. The van der Waals surface area contributed by atoms with E-state index in [1.807, 2.05) is 52.0 Å². The van der Waals surface area contributed by atoms with Gasteiger partial charge in [0.1, 0.15) is 11.6 Å². The number of para-hydroxylation sites is 1. The summed E-state index contributed by atoms with van der Waals surface area (Å²) in [5.41, 5.74) is 4.60. The molecule has 1 saturated heterocycles. The first-order chi connectivity index (χ1) is 20.3. The molecule has 1 fully saturated rings. The van der Waals surface area contributed by atoms with Crippen LogP contribution in [0, 0.1) is 18.7 Å². The Balaban J connectivity index is 1.54. The first-order valence-corrected chi connectivity index (χ1v) is 14.5. The second kappa shape index (κ2) is 12.4. The fourth-order valence-electron chi connectivity index (χ4n) is 6.38. The van der Waals surface area contributed by atoms with Crippen LogP contribution in [0.15, 0.2) is 48.5 Å². The van der Waals surface area contributed by atoms with E-state index in [9.17, 15) is 14.7 Å². The molecule has 3 atom stereocenters. The van der Waals surface area contributed by atoms with Gasteiger partial charge in [-0.15, -0.1) is 0 Å². The number of hydrogen-bond donors (Lipinski definition) is 2. The van der Waals surface area contributed by atoms with Gasteiger partial charge in [-0.05, 0) is 61.1 Å². The van der Waals surface area contributed by atoms with Gasteiger partial charge in [0, 0.05) is 29.8 Å². The first-order valence-electron chi connectivity index (χ1n) is 14.5. The lowest BCUT2D eigenvalue weighted by molar-refractivity contribution is -0.143. The molecular weight excluding hydrogens is 539 g/mol. The number of carbonyl (C=O) groups excluding carboxylic acids is 1. The van der Waals surface area contributed by atoms with Crippen molar-refractivity contribution >= 4 is 17.6 Å². The summed E-state index contributed by atoms with van der Waals surface area (Å²) in [7, 11) is 0. The number of nitrogens with one attached hydrogen (secondary N) is 1. The van der Waals surface area contributed by atoms with E-state index in [1.54, 1.807) is 23.1 Å². The number of rotatable bonds is 10. The number of aryl methyl sites for hydroxylation is 2. The molecule has 5 rings (SSSR count). The van der Waals surface area contributed by atoms with Crippen LogP contribution in [0.25, 0.3) is 0 Å². The zero-order valence-electron chi connectivity index (χ0n) is 24.4. The molecule has 42 heavy (non-hydrogen) atoms. The largest absolute Gasteiger partial charge is 0.494 e. The Labute approximate surface area is 245 Å². The second-order valence-corrected chi connectivity index (χ2v) is 10.7. The highest BCUT2D eigenvalue weighted by Gasteiger charge is 2.49. The van der Waals surface area contributed by atoms with Crippen LogP contribution in [0.3, 0.4) is 0 Å². The Kier molecular flexibility index (Phi) is 8.68. The van der Waals surface area contributed by atoms with E-state index in [2.05, 4.69) is 5.32 Å². The van der Waals surface area contributed by atoms with E-state index in [0.29, 0.717) is 23.9 Å². The normalized spacial score (nSPS) is 19.6. The van der Waals surface area contributed by atoms with E-state index in [-0.39, 0.29) is 31.4 Å². The van der Waals surface area contributed by atoms with Gasteiger partial charge < -0.3 is 24.6 Å². The highest BCUT2D eigenvalue weighted by Crippen LogP contribution is 2.50. The quantitative estimate of drug-likeness (QED) is 0.312. The van der Waals surface area contributed by atoms with Gasteiger partial charge in [-0.1, -0.05) is 44.2 Å². The average Bonchev–Trinajstić information content (AvgIpc) is 3.59. The molecule has 2 aliphatic rings. The molecule has 0 spiro atoms. The van der Waals surface area contributed by atoms with Crippen LogP contribution < -0.4 is 19.5 Å². The summed E-state index contributed by atoms with van der Waals surface area (Å²) < 4.78 is 32.3. The number of ether oxygens (including phenoxy) is 3. The van der Waals surface area contributed by atoms with E-state index < -0.39 is 29.7 Å². The van der Waals surface area contributed by atoms with Crippen molar-refractivity contribution in [1.29, 1.82) is 0 Å². The molecule has 8 nitrogen and oxygen atoms in total. The molecule has 0 saturated carbocycles. The number of aliphatic carboxylic acids is 1. The molecule has 3 aromatic rings. The fourth-order valence-corrected chi connectivity index (χ4v) is 6.38. The average molecular weight is 577 g/mol. The van der Waals surface area contributed by atoms with Crippen molar-refractivity contribution in [3.63, 3.8) is 0 Å². The molecule has 2 heterocycles. The molecule has 2 N–H and O–H groups in total. The Morgan fingerprint density at radius 3 is 2.40 bits per heavy atom. The van der Waals surface area contributed by atoms with Gasteiger partial charge in [0.15, 0.2) is 11.5 Å². The molecule has 0 radical (unpaired) electrons. The van der Waals surface area contributed by atoms with E-state index in [4.69, 9.17) is 14.2 Å². The molecule has 0 aliphatic carbocycles. The number of benzene rings is 3. The van der Waals surface area contributed by atoms with Gasteiger partial charge in [-0.25, -0.2) is 4.39 Å². The standard InChI is InChI=1S/C33H37FN2O6/c1-5-20-9-8-10-21(6-2)30(20)35-28(37)17-36-16-25(23-13-14-27-32(19(23)4)42-18-41-27)29(33(38)39)31(36)24-12-11-22(40-7-3)15-26(24)34/h8-15,25,29,31H,5-7,16-18H2,1-4H3,(H,35,37)(H,38,39)/t25-,29?,31+/m1/s1. The molecule has 3 aromatic carbocycles. The van der Waals surface area contributed by atoms with Crippen LogP contribution in [0.5, 0.6) is 17.2 Å². The molecule has 222 valence electrons. The lowest BCUT2D eigenvalue weighted by Gasteiger charge is -2.27. The number of carbonyl (C=O) groups is 2. The molecule has 0 bridgehead atoms. The maximum Gasteiger partial charge on any atom is 0.309 e. The maximum absolute atomic E-state index is 15.7. The van der Waals surface area contributed by atoms with Gasteiger partial charge in [-0.2, -0.15) is 0 Å². The van der Waals surface area contributed by atoms with Crippen LogP contribution >= 0.6 is 0 Å². The van der Waals surface area contributed by atoms with Crippen molar-refractivity contribution in [1.82, 2.24) is 4.90 Å². The van der Waals surface area contributed by atoms with Crippen LogP contribution in [-0.4, -0.2) is 48.4 Å². The van der Waals surface area contributed by atoms with Gasteiger partial charge in [-0.3, -0.25) is 14.5 Å². The second-order valence-electron chi connectivity index (χ2n) is 10.7. The Morgan fingerprint density at radius 2 is 1.76 bits per heavy atom. The number of carboxylic acid groups (broad SMARTS) is 1. The van der Waals surface area contributed by atoms with Crippen molar-refractivity contribution < 1.29 is 33.3 Å². The summed E-state index contributed by atoms with van der Waals surface area (Å²) in [5.74, 6) is -1.94. The van der Waals surface area contributed by atoms with Gasteiger partial charge in [0.2, 0.25) is 12.7 Å². The monoisotopic (exact) mass is 576 g/mol. The number of fused-ring (bicyclic) bond motifs is 1. The number of hydrogen-bond acceptors (Lipinski definition) is 6. The lowest BCUT2D eigenvalue weighted by Crippen LogP contribution is -2.35. The van der Waals surface area contributed by atoms with E-state index >= 15 is 4.39 Å². The molecule has 0 aromatic heterocycles. The number of nitrogens with zero attached hydrogens (tertiary/aromatic N) is 1. The predicted octanol–water partition coefficient (Wildman–Crippen LogP) is 5.87. The minimum Gasteiger partial charge on any atom is -0.494 e. The molecule has 1 unspecified atom stereocenters. The van der Waals surface area contributed by atoms with Crippen molar-refractivity contribution in [3.05, 3.63) is 82.2 Å².